The van der Waals surface area contributed by atoms with Crippen molar-refractivity contribution in [2.45, 2.75) is 26.3 Å². The number of methoxy groups -OCH3 is 1. The monoisotopic (exact) mass is 417 g/mol. The molecular formula is C16H24IN3O2. The van der Waals surface area contributed by atoms with Crippen LogP contribution in [0.15, 0.2) is 29.3 Å². The van der Waals surface area contributed by atoms with Crippen molar-refractivity contribution >= 4 is 35.9 Å². The molecule has 1 aromatic rings. The Morgan fingerprint density at radius 1 is 1.27 bits per heavy atom. The third kappa shape index (κ3) is 5.15. The fraction of sp³-hybridized carbons (Fsp3) is 0.500. The van der Waals surface area contributed by atoms with Crippen molar-refractivity contribution in [2.75, 3.05) is 26.7 Å². The molecule has 0 atom stereocenters. The molecule has 1 fully saturated rings. The lowest BCUT2D eigenvalue weighted by Crippen LogP contribution is -2.39. The van der Waals surface area contributed by atoms with E-state index in [1.165, 1.54) is 20.0 Å². The van der Waals surface area contributed by atoms with E-state index in [-0.39, 0.29) is 29.9 Å². The van der Waals surface area contributed by atoms with Crippen LogP contribution in [0.2, 0.25) is 0 Å². The molecule has 1 heterocycles. The molecule has 1 N–H and O–H groups in total. The number of halogens is 1. The van der Waals surface area contributed by atoms with E-state index >= 15 is 0 Å². The summed E-state index contributed by atoms with van der Waals surface area (Å²) in [6.45, 7) is 5.72. The van der Waals surface area contributed by atoms with Gasteiger partial charge in [-0.05, 0) is 37.5 Å². The molecule has 22 heavy (non-hydrogen) atoms. The number of ether oxygens (including phenoxy) is 1. The minimum Gasteiger partial charge on any atom is -0.465 e. The van der Waals surface area contributed by atoms with E-state index in [9.17, 15) is 4.79 Å². The van der Waals surface area contributed by atoms with Crippen molar-refractivity contribution in [3.8, 4) is 0 Å². The first kappa shape index (κ1) is 18.7. The number of rotatable bonds is 4. The first-order chi connectivity index (χ1) is 10.2. The topological polar surface area (TPSA) is 53.9 Å². The van der Waals surface area contributed by atoms with Gasteiger partial charge in [-0.3, -0.25) is 0 Å². The highest BCUT2D eigenvalue weighted by atomic mass is 127. The van der Waals surface area contributed by atoms with Crippen LogP contribution in [0, 0.1) is 0 Å². The van der Waals surface area contributed by atoms with Gasteiger partial charge >= 0.3 is 5.97 Å². The number of guanidine groups is 1. The molecule has 0 amide bonds. The molecular weight excluding hydrogens is 393 g/mol. The summed E-state index contributed by atoms with van der Waals surface area (Å²) in [6, 6.07) is 7.39. The van der Waals surface area contributed by atoms with Gasteiger partial charge in [-0.1, -0.05) is 12.1 Å². The highest BCUT2D eigenvalue weighted by Gasteiger charge is 2.15. The average molecular weight is 417 g/mol. The molecule has 1 saturated heterocycles. The number of hydrogen-bond donors (Lipinski definition) is 1. The van der Waals surface area contributed by atoms with Crippen molar-refractivity contribution in [1.82, 2.24) is 10.2 Å². The molecule has 0 bridgehead atoms. The van der Waals surface area contributed by atoms with Crippen LogP contribution in [-0.4, -0.2) is 43.6 Å². The zero-order chi connectivity index (χ0) is 15.1. The molecule has 1 aliphatic heterocycles. The van der Waals surface area contributed by atoms with Gasteiger partial charge in [-0.2, -0.15) is 0 Å². The predicted octanol–water partition coefficient (Wildman–Crippen LogP) is 2.65. The molecule has 0 aliphatic carbocycles. The Morgan fingerprint density at radius 3 is 2.45 bits per heavy atom. The van der Waals surface area contributed by atoms with Gasteiger partial charge < -0.3 is 15.0 Å². The lowest BCUT2D eigenvalue weighted by Gasteiger charge is -2.20. The third-order valence-corrected chi connectivity index (χ3v) is 3.53. The molecule has 0 unspecified atom stereocenters. The van der Waals surface area contributed by atoms with Gasteiger partial charge in [0.05, 0.1) is 19.2 Å². The molecule has 2 rings (SSSR count). The SMILES string of the molecule is CCNC(=NCc1ccc(C(=O)OC)cc1)N1CCCC1.I. The highest BCUT2D eigenvalue weighted by Crippen LogP contribution is 2.10. The summed E-state index contributed by atoms with van der Waals surface area (Å²) in [7, 11) is 1.39. The number of esters is 1. The molecule has 5 nitrogen and oxygen atoms in total. The Labute approximate surface area is 149 Å². The molecule has 1 aliphatic rings. The first-order valence-electron chi connectivity index (χ1n) is 7.45. The summed E-state index contributed by atoms with van der Waals surface area (Å²) >= 11 is 0. The fourth-order valence-corrected chi connectivity index (χ4v) is 2.39. The van der Waals surface area contributed by atoms with Crippen molar-refractivity contribution < 1.29 is 9.53 Å². The van der Waals surface area contributed by atoms with E-state index < -0.39 is 0 Å². The molecule has 0 spiro atoms. The lowest BCUT2D eigenvalue weighted by atomic mass is 10.1. The summed E-state index contributed by atoms with van der Waals surface area (Å²) < 4.78 is 4.69. The average Bonchev–Trinajstić information content (AvgIpc) is 3.05. The van der Waals surface area contributed by atoms with E-state index in [0.717, 1.165) is 31.2 Å². The van der Waals surface area contributed by atoms with Crippen LogP contribution < -0.4 is 5.32 Å². The number of likely N-dealkylation sites (tertiary alicyclic amines) is 1. The lowest BCUT2D eigenvalue weighted by molar-refractivity contribution is 0.0600. The van der Waals surface area contributed by atoms with Crippen LogP contribution in [0.4, 0.5) is 0 Å². The Bertz CT molecular complexity index is 497. The summed E-state index contributed by atoms with van der Waals surface area (Å²) in [5.41, 5.74) is 1.65. The van der Waals surface area contributed by atoms with Crippen LogP contribution in [0.1, 0.15) is 35.7 Å². The largest absolute Gasteiger partial charge is 0.465 e. The van der Waals surface area contributed by atoms with Gasteiger partial charge in [0.15, 0.2) is 5.96 Å². The number of aliphatic imine (C=N–C) groups is 1. The highest BCUT2D eigenvalue weighted by molar-refractivity contribution is 14.0. The Balaban J connectivity index is 0.00000242. The zero-order valence-electron chi connectivity index (χ0n) is 13.2. The van der Waals surface area contributed by atoms with Crippen molar-refractivity contribution in [3.05, 3.63) is 35.4 Å². The second-order valence-corrected chi connectivity index (χ2v) is 5.05. The Morgan fingerprint density at radius 2 is 1.91 bits per heavy atom. The fourth-order valence-electron chi connectivity index (χ4n) is 2.39. The molecule has 6 heteroatoms. The van der Waals surface area contributed by atoms with E-state index in [1.807, 2.05) is 12.1 Å². The maximum Gasteiger partial charge on any atom is 0.337 e. The van der Waals surface area contributed by atoms with Gasteiger partial charge in [0.2, 0.25) is 0 Å². The number of nitrogens with one attached hydrogen (secondary N) is 1. The molecule has 1 aromatic carbocycles. The number of carbonyl (C=O) groups is 1. The van der Waals surface area contributed by atoms with E-state index in [2.05, 4.69) is 22.1 Å². The van der Waals surface area contributed by atoms with Crippen LogP contribution in [-0.2, 0) is 11.3 Å². The van der Waals surface area contributed by atoms with E-state index in [0.29, 0.717) is 12.1 Å². The molecule has 0 saturated carbocycles. The van der Waals surface area contributed by atoms with Crippen molar-refractivity contribution in [3.63, 3.8) is 0 Å². The van der Waals surface area contributed by atoms with Crippen LogP contribution in [0.3, 0.4) is 0 Å². The van der Waals surface area contributed by atoms with Gasteiger partial charge in [-0.15, -0.1) is 24.0 Å². The second-order valence-electron chi connectivity index (χ2n) is 5.05. The Kier molecular flexibility index (Phi) is 8.22. The second kappa shape index (κ2) is 9.66. The normalized spacial score (nSPS) is 14.5. The standard InChI is InChI=1S/C16H23N3O2.HI/c1-3-17-16(19-10-4-5-11-19)18-12-13-6-8-14(9-7-13)15(20)21-2;/h6-9H,3-5,10-12H2,1-2H3,(H,17,18);1H. The minimum absolute atomic E-state index is 0. The Hall–Kier alpha value is -1.31. The van der Waals surface area contributed by atoms with Gasteiger partial charge in [0, 0.05) is 19.6 Å². The first-order valence-corrected chi connectivity index (χ1v) is 7.45. The summed E-state index contributed by atoms with van der Waals surface area (Å²) in [5.74, 6) is 0.669. The molecule has 0 radical (unpaired) electrons. The summed E-state index contributed by atoms with van der Waals surface area (Å²) in [6.07, 6.45) is 2.47. The van der Waals surface area contributed by atoms with Crippen molar-refractivity contribution in [1.29, 1.82) is 0 Å². The van der Waals surface area contributed by atoms with Gasteiger partial charge in [0.25, 0.3) is 0 Å². The van der Waals surface area contributed by atoms with Gasteiger partial charge in [-0.25, -0.2) is 9.79 Å². The third-order valence-electron chi connectivity index (χ3n) is 3.53. The minimum atomic E-state index is -0.310. The predicted molar refractivity (Wildman–Crippen MR) is 98.8 cm³/mol. The number of benzene rings is 1. The van der Waals surface area contributed by atoms with Crippen molar-refractivity contribution in [2.24, 2.45) is 4.99 Å². The maximum absolute atomic E-state index is 11.4. The van der Waals surface area contributed by atoms with E-state index in [4.69, 9.17) is 4.74 Å². The summed E-state index contributed by atoms with van der Waals surface area (Å²) in [5, 5.41) is 3.34. The van der Waals surface area contributed by atoms with Crippen LogP contribution in [0.25, 0.3) is 0 Å². The maximum atomic E-state index is 11.4. The number of nitrogens with zero attached hydrogens (tertiary/aromatic N) is 2. The smallest absolute Gasteiger partial charge is 0.337 e. The quantitative estimate of drug-likeness (QED) is 0.354. The van der Waals surface area contributed by atoms with Crippen LogP contribution in [0.5, 0.6) is 0 Å². The number of hydrogen-bond acceptors (Lipinski definition) is 3. The molecule has 0 aromatic heterocycles. The molecule has 122 valence electrons. The van der Waals surface area contributed by atoms with Crippen LogP contribution >= 0.6 is 24.0 Å². The zero-order valence-corrected chi connectivity index (χ0v) is 15.5. The van der Waals surface area contributed by atoms with E-state index in [1.54, 1.807) is 12.1 Å². The van der Waals surface area contributed by atoms with Gasteiger partial charge in [0.1, 0.15) is 0 Å². The number of carbonyl (C=O) groups excluding carboxylic acids is 1. The summed E-state index contributed by atoms with van der Waals surface area (Å²) in [4.78, 5) is 18.4.